The summed E-state index contributed by atoms with van der Waals surface area (Å²) in [5, 5.41) is 24.4. The van der Waals surface area contributed by atoms with Crippen LogP contribution in [-0.2, 0) is 0 Å². The number of phenols is 2. The Kier molecular flexibility index (Phi) is 3.43. The summed E-state index contributed by atoms with van der Waals surface area (Å²) in [7, 11) is 0. The van der Waals surface area contributed by atoms with Gasteiger partial charge in [-0.15, -0.1) is 0 Å². The summed E-state index contributed by atoms with van der Waals surface area (Å²) in [6.07, 6.45) is 5.20. The van der Waals surface area contributed by atoms with Crippen LogP contribution in [0.5, 0.6) is 11.5 Å². The van der Waals surface area contributed by atoms with E-state index in [1.807, 2.05) is 6.07 Å². The van der Waals surface area contributed by atoms with Crippen LogP contribution in [0.25, 0.3) is 0 Å². The van der Waals surface area contributed by atoms with E-state index in [0.29, 0.717) is 10.6 Å². The number of rotatable bonds is 1. The zero-order valence-corrected chi connectivity index (χ0v) is 13.6. The topological polar surface area (TPSA) is 52.5 Å². The molecular weight excluding hydrogens is 333 g/mol. The minimum atomic E-state index is -0.0942. The molecule has 3 nitrogen and oxygen atoms in total. The predicted molar refractivity (Wildman–Crippen MR) is 92.6 cm³/mol. The Morgan fingerprint density at radius 3 is 2.70 bits per heavy atom. The lowest BCUT2D eigenvalue weighted by Gasteiger charge is -2.37. The van der Waals surface area contributed by atoms with Crippen molar-refractivity contribution in [2.45, 2.75) is 18.4 Å². The van der Waals surface area contributed by atoms with Gasteiger partial charge in [0, 0.05) is 22.2 Å². The summed E-state index contributed by atoms with van der Waals surface area (Å²) in [5.74, 6) is 0.767. The second kappa shape index (κ2) is 5.36. The largest absolute Gasteiger partial charge is 0.508 e. The summed E-state index contributed by atoms with van der Waals surface area (Å²) < 4.78 is 0. The van der Waals surface area contributed by atoms with Crippen molar-refractivity contribution in [2.75, 3.05) is 5.32 Å². The van der Waals surface area contributed by atoms with Crippen molar-refractivity contribution >= 4 is 28.9 Å². The van der Waals surface area contributed by atoms with E-state index in [-0.39, 0.29) is 34.4 Å². The van der Waals surface area contributed by atoms with Crippen molar-refractivity contribution in [3.05, 3.63) is 63.7 Å². The number of allylic oxidation sites excluding steroid dienone is 2. The highest BCUT2D eigenvalue weighted by atomic mass is 35.5. The number of anilines is 1. The van der Waals surface area contributed by atoms with E-state index in [4.69, 9.17) is 23.2 Å². The maximum atomic E-state index is 10.4. The van der Waals surface area contributed by atoms with Gasteiger partial charge in [-0.25, -0.2) is 0 Å². The van der Waals surface area contributed by atoms with Crippen LogP contribution in [-0.4, -0.2) is 10.2 Å². The van der Waals surface area contributed by atoms with E-state index < -0.39 is 0 Å². The highest BCUT2D eigenvalue weighted by molar-refractivity contribution is 6.35. The molecule has 118 valence electrons. The minimum Gasteiger partial charge on any atom is -0.508 e. The van der Waals surface area contributed by atoms with Crippen molar-refractivity contribution in [1.82, 2.24) is 0 Å². The van der Waals surface area contributed by atoms with Crippen LogP contribution in [0.4, 0.5) is 5.69 Å². The maximum absolute atomic E-state index is 10.4. The van der Waals surface area contributed by atoms with Crippen LogP contribution in [0.2, 0.25) is 10.0 Å². The lowest BCUT2D eigenvalue weighted by molar-refractivity contribution is 0.400. The molecule has 0 fully saturated rings. The number of phenolic OH excluding ortho intramolecular Hbond substituents is 2. The Bertz CT molecular complexity index is 819. The quantitative estimate of drug-likeness (QED) is 0.488. The zero-order chi connectivity index (χ0) is 16.1. The van der Waals surface area contributed by atoms with Gasteiger partial charge in [-0.05, 0) is 48.2 Å². The molecular formula is C18H15Cl2NO2. The van der Waals surface area contributed by atoms with Crippen molar-refractivity contribution in [3.63, 3.8) is 0 Å². The van der Waals surface area contributed by atoms with Gasteiger partial charge in [0.05, 0.1) is 11.1 Å². The van der Waals surface area contributed by atoms with Gasteiger partial charge < -0.3 is 15.5 Å². The lowest BCUT2D eigenvalue weighted by atomic mass is 9.77. The fraction of sp³-hybridized carbons (Fsp3) is 0.222. The zero-order valence-electron chi connectivity index (χ0n) is 12.1. The Hall–Kier alpha value is -1.84. The minimum absolute atomic E-state index is 0.0708. The Balaban J connectivity index is 1.84. The van der Waals surface area contributed by atoms with Gasteiger partial charge in [-0.2, -0.15) is 0 Å². The molecule has 1 aliphatic carbocycles. The maximum Gasteiger partial charge on any atom is 0.139 e. The molecule has 3 N–H and O–H groups in total. The summed E-state index contributed by atoms with van der Waals surface area (Å²) >= 11 is 12.2. The van der Waals surface area contributed by atoms with Crippen molar-refractivity contribution in [3.8, 4) is 11.5 Å². The Morgan fingerprint density at radius 1 is 1.04 bits per heavy atom. The highest BCUT2D eigenvalue weighted by Gasteiger charge is 2.39. The van der Waals surface area contributed by atoms with Crippen molar-refractivity contribution in [1.29, 1.82) is 0 Å². The first-order valence-corrected chi connectivity index (χ1v) is 8.24. The van der Waals surface area contributed by atoms with Crippen LogP contribution in [0.1, 0.15) is 29.5 Å². The monoisotopic (exact) mass is 347 g/mol. The summed E-state index contributed by atoms with van der Waals surface area (Å²) in [5.41, 5.74) is 2.74. The molecule has 3 unspecified atom stereocenters. The molecule has 4 rings (SSSR count). The molecule has 2 aromatic rings. The number of hydrogen-bond acceptors (Lipinski definition) is 3. The third kappa shape index (κ3) is 2.35. The summed E-state index contributed by atoms with van der Waals surface area (Å²) in [6.45, 7) is 0. The van der Waals surface area contributed by atoms with E-state index in [9.17, 15) is 10.2 Å². The van der Waals surface area contributed by atoms with E-state index in [2.05, 4.69) is 17.5 Å². The van der Waals surface area contributed by atoms with Crippen LogP contribution in [0.15, 0.2) is 42.5 Å². The number of fused-ring (bicyclic) bond motifs is 3. The molecule has 23 heavy (non-hydrogen) atoms. The summed E-state index contributed by atoms with van der Waals surface area (Å²) in [4.78, 5) is 0. The molecule has 0 saturated heterocycles. The van der Waals surface area contributed by atoms with Gasteiger partial charge in [0.1, 0.15) is 11.5 Å². The third-order valence-corrected chi connectivity index (χ3v) is 5.25. The summed E-state index contributed by atoms with van der Waals surface area (Å²) in [6, 6.07) is 8.54. The highest BCUT2D eigenvalue weighted by Crippen LogP contribution is 2.52. The molecule has 1 heterocycles. The third-order valence-electron chi connectivity index (χ3n) is 4.74. The fourth-order valence-corrected chi connectivity index (χ4v) is 4.22. The molecule has 0 spiro atoms. The molecule has 0 bridgehead atoms. The molecule has 0 amide bonds. The predicted octanol–water partition coefficient (Wildman–Crippen LogP) is 5.23. The average molecular weight is 348 g/mol. The molecule has 0 radical (unpaired) electrons. The Labute approximate surface area is 144 Å². The van der Waals surface area contributed by atoms with Crippen LogP contribution in [0.3, 0.4) is 0 Å². The van der Waals surface area contributed by atoms with E-state index in [1.54, 1.807) is 24.3 Å². The van der Waals surface area contributed by atoms with Gasteiger partial charge in [0.15, 0.2) is 0 Å². The standard InChI is InChI=1S/C18H15Cl2NO2/c19-9-6-14(18(23)15(20)7-9)17-12-3-1-2-11(12)13-8-10(22)4-5-16(13)21-17/h1-2,4-8,11-12,17,21-23H,3H2. The SMILES string of the molecule is Oc1ccc2c(c1)C1C=CCC1C(c1cc(Cl)cc(Cl)c1O)N2. The van der Waals surface area contributed by atoms with Crippen molar-refractivity contribution < 1.29 is 10.2 Å². The van der Waals surface area contributed by atoms with Crippen LogP contribution < -0.4 is 5.32 Å². The van der Waals surface area contributed by atoms with E-state index in [1.165, 1.54) is 0 Å². The molecule has 0 saturated carbocycles. The lowest BCUT2D eigenvalue weighted by Crippen LogP contribution is -2.29. The molecule has 0 aromatic heterocycles. The molecule has 3 atom stereocenters. The molecule has 1 aliphatic heterocycles. The second-order valence-corrected chi connectivity index (χ2v) is 6.92. The molecule has 5 heteroatoms. The van der Waals surface area contributed by atoms with E-state index >= 15 is 0 Å². The number of nitrogens with one attached hydrogen (secondary N) is 1. The number of hydrogen-bond donors (Lipinski definition) is 3. The van der Waals surface area contributed by atoms with E-state index in [0.717, 1.165) is 17.7 Å². The average Bonchev–Trinajstić information content (AvgIpc) is 3.00. The van der Waals surface area contributed by atoms with Crippen molar-refractivity contribution in [2.24, 2.45) is 5.92 Å². The second-order valence-electron chi connectivity index (χ2n) is 6.07. The fourth-order valence-electron chi connectivity index (χ4n) is 3.71. The number of halogens is 2. The molecule has 2 aliphatic rings. The Morgan fingerprint density at radius 2 is 1.87 bits per heavy atom. The van der Waals surface area contributed by atoms with Gasteiger partial charge in [-0.3, -0.25) is 0 Å². The van der Waals surface area contributed by atoms with Crippen LogP contribution >= 0.6 is 23.2 Å². The smallest absolute Gasteiger partial charge is 0.139 e. The van der Waals surface area contributed by atoms with Crippen LogP contribution in [0, 0.1) is 5.92 Å². The number of aromatic hydroxyl groups is 2. The normalized spacial score (nSPS) is 24.9. The van der Waals surface area contributed by atoms with Gasteiger partial charge in [0.25, 0.3) is 0 Å². The van der Waals surface area contributed by atoms with Gasteiger partial charge in [-0.1, -0.05) is 35.4 Å². The molecule has 2 aromatic carbocycles. The van der Waals surface area contributed by atoms with Gasteiger partial charge >= 0.3 is 0 Å². The first kappa shape index (κ1) is 14.7. The number of benzene rings is 2. The van der Waals surface area contributed by atoms with Gasteiger partial charge in [0.2, 0.25) is 0 Å². The first-order valence-electron chi connectivity index (χ1n) is 7.48. The first-order chi connectivity index (χ1) is 11.0.